The van der Waals surface area contributed by atoms with Crippen LogP contribution < -0.4 is 5.32 Å². The molecule has 101 valence electrons. The second kappa shape index (κ2) is 4.72. The highest BCUT2D eigenvalue weighted by molar-refractivity contribution is 5.82. The third-order valence-electron chi connectivity index (χ3n) is 3.27. The number of aliphatic hydroxyl groups excluding tert-OH is 1. The molecule has 0 spiro atoms. The van der Waals surface area contributed by atoms with E-state index in [2.05, 4.69) is 20.3 Å². The Morgan fingerprint density at radius 1 is 1.53 bits per heavy atom. The van der Waals surface area contributed by atoms with Crippen LogP contribution in [0.2, 0.25) is 0 Å². The quantitative estimate of drug-likeness (QED) is 0.805. The number of rotatable bonds is 3. The van der Waals surface area contributed by atoms with Crippen LogP contribution in [0.4, 0.5) is 5.82 Å². The summed E-state index contributed by atoms with van der Waals surface area (Å²) < 4.78 is 7.25. The standard InChI is InChI=1S/C11H14N5O3/c1-12-10-9-11(14-4-13-10)16(5-15-9)8-2-6(18)7(3-17)19-8/h4-8,18H,2-3H2,1H3,(H,12,13,14)/t6-,7+,8?/m0/s1. The van der Waals surface area contributed by atoms with Crippen molar-refractivity contribution in [2.24, 2.45) is 0 Å². The second-order valence-electron chi connectivity index (χ2n) is 4.40. The van der Waals surface area contributed by atoms with E-state index in [1.54, 1.807) is 17.9 Å². The normalized spacial score (nSPS) is 27.0. The van der Waals surface area contributed by atoms with Gasteiger partial charge in [0.15, 0.2) is 11.5 Å². The van der Waals surface area contributed by atoms with E-state index in [4.69, 9.17) is 4.74 Å². The molecular formula is C11H14N5O3. The van der Waals surface area contributed by atoms with Gasteiger partial charge in [-0.25, -0.2) is 20.1 Å². The fourth-order valence-electron chi connectivity index (χ4n) is 2.28. The summed E-state index contributed by atoms with van der Waals surface area (Å²) in [6.07, 6.45) is 1.54. The molecule has 8 nitrogen and oxygen atoms in total. The minimum Gasteiger partial charge on any atom is -0.390 e. The molecule has 1 saturated heterocycles. The highest BCUT2D eigenvalue weighted by Gasteiger charge is 2.35. The number of hydrogen-bond acceptors (Lipinski definition) is 6. The molecule has 1 fully saturated rings. The summed E-state index contributed by atoms with van der Waals surface area (Å²) in [5, 5.41) is 23.5. The molecule has 0 amide bonds. The number of aliphatic hydroxyl groups is 1. The average Bonchev–Trinajstić information content (AvgIpc) is 3.01. The molecule has 1 radical (unpaired) electrons. The smallest absolute Gasteiger partial charge is 0.167 e. The predicted molar refractivity (Wildman–Crippen MR) is 65.0 cm³/mol. The van der Waals surface area contributed by atoms with Crippen molar-refractivity contribution < 1.29 is 14.9 Å². The number of nitrogens with one attached hydrogen (secondary N) is 1. The van der Waals surface area contributed by atoms with Gasteiger partial charge in [-0.1, -0.05) is 0 Å². The van der Waals surface area contributed by atoms with Crippen molar-refractivity contribution in [2.75, 3.05) is 19.0 Å². The van der Waals surface area contributed by atoms with E-state index in [-0.39, 0.29) is 0 Å². The van der Waals surface area contributed by atoms with Crippen molar-refractivity contribution in [1.29, 1.82) is 0 Å². The molecule has 3 heterocycles. The van der Waals surface area contributed by atoms with Crippen molar-refractivity contribution >= 4 is 17.0 Å². The predicted octanol–water partition coefficient (Wildman–Crippen LogP) is -0.0531. The Morgan fingerprint density at radius 2 is 2.37 bits per heavy atom. The van der Waals surface area contributed by atoms with E-state index in [0.29, 0.717) is 23.4 Å². The Bertz CT molecular complexity index is 587. The first kappa shape index (κ1) is 12.3. The second-order valence-corrected chi connectivity index (χ2v) is 4.40. The van der Waals surface area contributed by atoms with Crippen LogP contribution in [-0.2, 0) is 9.84 Å². The summed E-state index contributed by atoms with van der Waals surface area (Å²) in [4.78, 5) is 12.5. The van der Waals surface area contributed by atoms with Gasteiger partial charge in [-0.3, -0.25) is 4.57 Å². The Kier molecular flexibility index (Phi) is 3.05. The van der Waals surface area contributed by atoms with Gasteiger partial charge >= 0.3 is 0 Å². The zero-order chi connectivity index (χ0) is 13.4. The summed E-state index contributed by atoms with van der Waals surface area (Å²) >= 11 is 0. The molecule has 0 aliphatic carbocycles. The number of hydrogen-bond donors (Lipinski definition) is 2. The molecule has 0 aromatic carbocycles. The van der Waals surface area contributed by atoms with Crippen molar-refractivity contribution in [3.63, 3.8) is 0 Å². The molecule has 3 rings (SSSR count). The molecule has 1 aliphatic rings. The van der Waals surface area contributed by atoms with Gasteiger partial charge < -0.3 is 15.2 Å². The lowest BCUT2D eigenvalue weighted by molar-refractivity contribution is -0.0575. The number of ether oxygens (including phenoxy) is 1. The Hall–Kier alpha value is -1.77. The lowest BCUT2D eigenvalue weighted by Crippen LogP contribution is -2.23. The van der Waals surface area contributed by atoms with Gasteiger partial charge in [0.2, 0.25) is 0 Å². The molecule has 0 bridgehead atoms. The summed E-state index contributed by atoms with van der Waals surface area (Å²) in [6, 6.07) is 0. The van der Waals surface area contributed by atoms with Gasteiger partial charge in [-0.15, -0.1) is 0 Å². The first-order valence-corrected chi connectivity index (χ1v) is 6.01. The van der Waals surface area contributed by atoms with Gasteiger partial charge in [0.05, 0.1) is 12.4 Å². The molecule has 0 saturated carbocycles. The maximum atomic E-state index is 10.9. The van der Waals surface area contributed by atoms with E-state index in [1.807, 2.05) is 0 Å². The van der Waals surface area contributed by atoms with Crippen LogP contribution in [0, 0.1) is 0 Å². The van der Waals surface area contributed by atoms with Crippen molar-refractivity contribution in [3.05, 3.63) is 12.7 Å². The Morgan fingerprint density at radius 3 is 3.05 bits per heavy atom. The molecular weight excluding hydrogens is 250 g/mol. The van der Waals surface area contributed by atoms with E-state index in [1.165, 1.54) is 6.33 Å². The topological polar surface area (TPSA) is 105 Å². The highest BCUT2D eigenvalue weighted by Crippen LogP contribution is 2.31. The van der Waals surface area contributed by atoms with Crippen LogP contribution >= 0.6 is 0 Å². The monoisotopic (exact) mass is 264 g/mol. The third kappa shape index (κ3) is 1.93. The minimum absolute atomic E-state index is 0.358. The average molecular weight is 264 g/mol. The van der Waals surface area contributed by atoms with Gasteiger partial charge in [-0.05, 0) is 0 Å². The zero-order valence-electron chi connectivity index (χ0n) is 10.4. The first-order valence-electron chi connectivity index (χ1n) is 6.01. The van der Waals surface area contributed by atoms with Gasteiger partial charge in [0, 0.05) is 13.5 Å². The van der Waals surface area contributed by atoms with Gasteiger partial charge in [0.25, 0.3) is 0 Å². The summed E-state index contributed by atoms with van der Waals surface area (Å²) in [5.41, 5.74) is 1.25. The Balaban J connectivity index is 1.98. The summed E-state index contributed by atoms with van der Waals surface area (Å²) in [6.45, 7) is -0.457. The van der Waals surface area contributed by atoms with E-state index < -0.39 is 25.0 Å². The third-order valence-corrected chi connectivity index (χ3v) is 3.27. The molecule has 2 aromatic rings. The van der Waals surface area contributed by atoms with Crippen LogP contribution in [0.15, 0.2) is 12.7 Å². The maximum absolute atomic E-state index is 10.9. The van der Waals surface area contributed by atoms with Crippen LogP contribution in [0.5, 0.6) is 0 Å². The fraction of sp³-hybridized carbons (Fsp3) is 0.545. The van der Waals surface area contributed by atoms with Crippen molar-refractivity contribution in [1.82, 2.24) is 19.5 Å². The van der Waals surface area contributed by atoms with Crippen molar-refractivity contribution in [2.45, 2.75) is 24.9 Å². The van der Waals surface area contributed by atoms with Crippen LogP contribution in [-0.4, -0.2) is 50.5 Å². The van der Waals surface area contributed by atoms with E-state index in [9.17, 15) is 10.2 Å². The highest BCUT2D eigenvalue weighted by atomic mass is 16.5. The van der Waals surface area contributed by atoms with Crippen molar-refractivity contribution in [3.8, 4) is 0 Å². The largest absolute Gasteiger partial charge is 0.390 e. The molecule has 3 atom stereocenters. The van der Waals surface area contributed by atoms with Crippen LogP contribution in [0.3, 0.4) is 0 Å². The first-order chi connectivity index (χ1) is 9.24. The number of anilines is 1. The number of fused-ring (bicyclic) bond motifs is 1. The number of imidazole rings is 1. The fourth-order valence-corrected chi connectivity index (χ4v) is 2.28. The lowest BCUT2D eigenvalue weighted by atomic mass is 10.2. The molecule has 1 aliphatic heterocycles. The van der Waals surface area contributed by atoms with E-state index >= 15 is 0 Å². The number of aromatic nitrogens is 4. The van der Waals surface area contributed by atoms with Gasteiger partial charge in [-0.2, -0.15) is 0 Å². The molecule has 1 unspecified atom stereocenters. The molecule has 2 N–H and O–H groups in total. The molecule has 8 heteroatoms. The SMILES string of the molecule is CNc1ncnc2c1ncn2C1C[C@H](O)[C@@H](C[O])O1. The van der Waals surface area contributed by atoms with Gasteiger partial charge in [0.1, 0.15) is 30.8 Å². The summed E-state index contributed by atoms with van der Waals surface area (Å²) in [5.74, 6) is 0.627. The molecule has 2 aromatic heterocycles. The van der Waals surface area contributed by atoms with Crippen LogP contribution in [0.1, 0.15) is 12.6 Å². The Labute approximate surface area is 109 Å². The summed E-state index contributed by atoms with van der Waals surface area (Å²) in [7, 11) is 1.75. The lowest BCUT2D eigenvalue weighted by Gasteiger charge is -2.13. The zero-order valence-corrected chi connectivity index (χ0v) is 10.4. The van der Waals surface area contributed by atoms with Crippen LogP contribution in [0.25, 0.3) is 11.2 Å². The maximum Gasteiger partial charge on any atom is 0.167 e. The minimum atomic E-state index is -0.745. The van der Waals surface area contributed by atoms with E-state index in [0.717, 1.165) is 0 Å². The molecule has 19 heavy (non-hydrogen) atoms. The number of nitrogens with zero attached hydrogens (tertiary/aromatic N) is 4.